The van der Waals surface area contributed by atoms with Gasteiger partial charge in [0.15, 0.2) is 0 Å². The molecule has 1 aromatic rings. The SMILES string of the molecule is CCN1CCc2cc(OC(F)(F)F)c(C(C)C)cc2C1. The molecule has 2 nitrogen and oxygen atoms in total. The van der Waals surface area contributed by atoms with Crippen LogP contribution >= 0.6 is 0 Å². The van der Waals surface area contributed by atoms with Crippen LogP contribution in [0.2, 0.25) is 0 Å². The van der Waals surface area contributed by atoms with Gasteiger partial charge in [0, 0.05) is 13.1 Å². The predicted octanol–water partition coefficient (Wildman–Crippen LogP) is 4.09. The van der Waals surface area contributed by atoms with Crippen molar-refractivity contribution in [2.24, 2.45) is 0 Å². The Morgan fingerprint density at radius 2 is 1.95 bits per heavy atom. The van der Waals surface area contributed by atoms with Gasteiger partial charge in [-0.2, -0.15) is 0 Å². The molecular formula is C15H20F3NO. The molecule has 0 bridgehead atoms. The average Bonchev–Trinajstić information content (AvgIpc) is 2.35. The maximum absolute atomic E-state index is 12.5. The molecule has 0 amide bonds. The molecule has 0 saturated heterocycles. The highest BCUT2D eigenvalue weighted by Gasteiger charge is 2.33. The van der Waals surface area contributed by atoms with Gasteiger partial charge in [0.1, 0.15) is 5.75 Å². The minimum Gasteiger partial charge on any atom is -0.405 e. The number of fused-ring (bicyclic) bond motifs is 1. The number of nitrogens with zero attached hydrogens (tertiary/aromatic N) is 1. The molecule has 0 aliphatic carbocycles. The fourth-order valence-electron chi connectivity index (χ4n) is 2.60. The predicted molar refractivity (Wildman–Crippen MR) is 71.9 cm³/mol. The van der Waals surface area contributed by atoms with Crippen molar-refractivity contribution in [1.82, 2.24) is 4.90 Å². The fourth-order valence-corrected chi connectivity index (χ4v) is 2.60. The second kappa shape index (κ2) is 5.64. The normalized spacial score (nSPS) is 16.4. The van der Waals surface area contributed by atoms with Gasteiger partial charge in [0.2, 0.25) is 0 Å². The van der Waals surface area contributed by atoms with Crippen molar-refractivity contribution >= 4 is 0 Å². The second-order valence-electron chi connectivity index (χ2n) is 5.48. The van der Waals surface area contributed by atoms with Gasteiger partial charge >= 0.3 is 6.36 Å². The molecule has 20 heavy (non-hydrogen) atoms. The van der Waals surface area contributed by atoms with Crippen molar-refractivity contribution in [3.63, 3.8) is 0 Å². The van der Waals surface area contributed by atoms with Crippen LogP contribution < -0.4 is 4.74 Å². The minimum absolute atomic E-state index is 0.00495. The van der Waals surface area contributed by atoms with E-state index in [0.717, 1.165) is 37.2 Å². The first-order chi connectivity index (χ1) is 9.30. The zero-order valence-electron chi connectivity index (χ0n) is 12.0. The lowest BCUT2D eigenvalue weighted by Gasteiger charge is -2.29. The van der Waals surface area contributed by atoms with Crippen molar-refractivity contribution in [2.45, 2.75) is 46.0 Å². The number of hydrogen-bond acceptors (Lipinski definition) is 2. The summed E-state index contributed by atoms with van der Waals surface area (Å²) in [6.07, 6.45) is -3.86. The van der Waals surface area contributed by atoms with Crippen molar-refractivity contribution < 1.29 is 17.9 Å². The van der Waals surface area contributed by atoms with E-state index in [4.69, 9.17) is 0 Å². The highest BCUT2D eigenvalue weighted by molar-refractivity contribution is 5.45. The zero-order chi connectivity index (χ0) is 14.9. The van der Waals surface area contributed by atoms with Gasteiger partial charge in [0.25, 0.3) is 0 Å². The van der Waals surface area contributed by atoms with E-state index >= 15 is 0 Å². The van der Waals surface area contributed by atoms with Gasteiger partial charge in [-0.05, 0) is 41.6 Å². The maximum Gasteiger partial charge on any atom is 0.573 e. The number of likely N-dealkylation sites (N-methyl/N-ethyl adjacent to an activating group) is 1. The van der Waals surface area contributed by atoms with Crippen LogP contribution in [0.15, 0.2) is 12.1 Å². The summed E-state index contributed by atoms with van der Waals surface area (Å²) in [5.41, 5.74) is 2.72. The molecule has 112 valence electrons. The summed E-state index contributed by atoms with van der Waals surface area (Å²) >= 11 is 0. The lowest BCUT2D eigenvalue weighted by molar-refractivity contribution is -0.275. The van der Waals surface area contributed by atoms with E-state index < -0.39 is 6.36 Å². The fraction of sp³-hybridized carbons (Fsp3) is 0.600. The monoisotopic (exact) mass is 287 g/mol. The number of alkyl halides is 3. The van der Waals surface area contributed by atoms with E-state index in [9.17, 15) is 13.2 Å². The molecule has 1 aliphatic rings. The van der Waals surface area contributed by atoms with E-state index in [1.54, 1.807) is 6.07 Å². The molecule has 0 saturated carbocycles. The van der Waals surface area contributed by atoms with Gasteiger partial charge in [0.05, 0.1) is 0 Å². The van der Waals surface area contributed by atoms with E-state index in [1.807, 2.05) is 19.9 Å². The van der Waals surface area contributed by atoms with Crippen LogP contribution in [0.1, 0.15) is 43.4 Å². The highest BCUT2D eigenvalue weighted by Crippen LogP contribution is 2.35. The molecule has 0 radical (unpaired) electrons. The van der Waals surface area contributed by atoms with E-state index in [1.165, 1.54) is 0 Å². The van der Waals surface area contributed by atoms with Crippen LogP contribution in [0, 0.1) is 0 Å². The Kier molecular flexibility index (Phi) is 4.28. The van der Waals surface area contributed by atoms with Crippen molar-refractivity contribution in [2.75, 3.05) is 13.1 Å². The standard InChI is InChI=1S/C15H20F3NO/c1-4-19-6-5-11-8-14(20-15(16,17)18)13(10(2)3)7-12(11)9-19/h7-8,10H,4-6,9H2,1-3H3. The van der Waals surface area contributed by atoms with E-state index in [2.05, 4.69) is 16.6 Å². The largest absolute Gasteiger partial charge is 0.573 e. The first kappa shape index (κ1) is 15.2. The average molecular weight is 287 g/mol. The first-order valence-electron chi connectivity index (χ1n) is 6.94. The Morgan fingerprint density at radius 3 is 2.50 bits per heavy atom. The van der Waals surface area contributed by atoms with Crippen molar-refractivity contribution in [1.29, 1.82) is 0 Å². The number of rotatable bonds is 3. The van der Waals surface area contributed by atoms with Crippen LogP contribution in [0.4, 0.5) is 13.2 Å². The Hall–Kier alpha value is -1.23. The first-order valence-corrected chi connectivity index (χ1v) is 6.94. The molecular weight excluding hydrogens is 267 g/mol. The number of halogens is 3. The molecule has 2 rings (SSSR count). The summed E-state index contributed by atoms with van der Waals surface area (Å²) in [7, 11) is 0. The summed E-state index contributed by atoms with van der Waals surface area (Å²) in [4.78, 5) is 2.29. The molecule has 0 atom stereocenters. The third kappa shape index (κ3) is 3.45. The smallest absolute Gasteiger partial charge is 0.405 e. The molecule has 0 spiro atoms. The molecule has 0 unspecified atom stereocenters. The Bertz CT molecular complexity index is 483. The zero-order valence-corrected chi connectivity index (χ0v) is 12.0. The van der Waals surface area contributed by atoms with Crippen LogP contribution in [-0.4, -0.2) is 24.4 Å². The molecule has 1 heterocycles. The van der Waals surface area contributed by atoms with Gasteiger partial charge in [-0.3, -0.25) is 4.90 Å². The molecule has 1 aliphatic heterocycles. The van der Waals surface area contributed by atoms with Gasteiger partial charge in [-0.1, -0.05) is 26.8 Å². The Balaban J connectivity index is 2.38. The molecule has 5 heteroatoms. The lowest BCUT2D eigenvalue weighted by Crippen LogP contribution is -2.30. The third-order valence-corrected chi connectivity index (χ3v) is 3.72. The molecule has 0 fully saturated rings. The van der Waals surface area contributed by atoms with Gasteiger partial charge in [-0.25, -0.2) is 0 Å². The summed E-state index contributed by atoms with van der Waals surface area (Å²) < 4.78 is 41.7. The Labute approximate surface area is 117 Å². The summed E-state index contributed by atoms with van der Waals surface area (Å²) in [5, 5.41) is 0. The number of hydrogen-bond donors (Lipinski definition) is 0. The Morgan fingerprint density at radius 1 is 1.25 bits per heavy atom. The summed E-state index contributed by atoms with van der Waals surface area (Å²) in [5.74, 6) is -0.0501. The van der Waals surface area contributed by atoms with E-state index in [-0.39, 0.29) is 11.7 Å². The van der Waals surface area contributed by atoms with Crippen molar-refractivity contribution in [3.05, 3.63) is 28.8 Å². The molecule has 0 aromatic heterocycles. The van der Waals surface area contributed by atoms with Crippen LogP contribution in [0.5, 0.6) is 5.75 Å². The van der Waals surface area contributed by atoms with E-state index in [0.29, 0.717) is 5.56 Å². The minimum atomic E-state index is -4.64. The number of ether oxygens (including phenoxy) is 1. The third-order valence-electron chi connectivity index (χ3n) is 3.72. The van der Waals surface area contributed by atoms with Crippen LogP contribution in [-0.2, 0) is 13.0 Å². The van der Waals surface area contributed by atoms with Crippen molar-refractivity contribution in [3.8, 4) is 5.75 Å². The second-order valence-corrected chi connectivity index (χ2v) is 5.48. The summed E-state index contributed by atoms with van der Waals surface area (Å²) in [6, 6.07) is 3.45. The maximum atomic E-state index is 12.5. The molecule has 0 N–H and O–H groups in total. The van der Waals surface area contributed by atoms with Crippen LogP contribution in [0.3, 0.4) is 0 Å². The topological polar surface area (TPSA) is 12.5 Å². The van der Waals surface area contributed by atoms with Crippen LogP contribution in [0.25, 0.3) is 0 Å². The highest BCUT2D eigenvalue weighted by atomic mass is 19.4. The molecule has 1 aromatic carbocycles. The van der Waals surface area contributed by atoms with Gasteiger partial charge in [-0.15, -0.1) is 13.2 Å². The lowest BCUT2D eigenvalue weighted by atomic mass is 9.92. The quantitative estimate of drug-likeness (QED) is 0.830. The summed E-state index contributed by atoms with van der Waals surface area (Å²) in [6.45, 7) is 8.50. The number of benzene rings is 1. The van der Waals surface area contributed by atoms with Gasteiger partial charge < -0.3 is 4.74 Å².